The summed E-state index contributed by atoms with van der Waals surface area (Å²) in [5.41, 5.74) is 28.0. The zero-order valence-corrected chi connectivity index (χ0v) is 74.4. The number of hydrogen-bond donors (Lipinski definition) is 0. The molecule has 0 aliphatic heterocycles. The quantitative estimate of drug-likeness (QED) is 0.142. The van der Waals surface area contributed by atoms with Crippen LogP contribution < -0.4 is 0 Å². The molecule has 0 bridgehead atoms. The SMILES string of the molecule is Cc1ccc2c(c1)-c1ccccc1C2(C)C.Cc1ccc2c(c1)C(C)(C)c1ccccc1-2.Cc1ccc2c(c1)oc1ccccc12.Cc1ccc2c3ccccc3c3ccccc3c2c1.Cc1ccc2oc3ccccc3c2c1.Cc1cccc2c1oc1ccccc12.Cc1cccc2c1sc1ccccc12.Cc1cccc2c3ccccc3c3ccccc3c12. The van der Waals surface area contributed by atoms with E-state index in [-0.39, 0.29) is 10.8 Å². The maximum Gasteiger partial charge on any atom is 0.138 e. The Hall–Kier alpha value is -14.4. The second-order valence-corrected chi connectivity index (χ2v) is 36.0. The van der Waals surface area contributed by atoms with Crippen LogP contribution in [0, 0.1) is 55.4 Å². The second kappa shape index (κ2) is 34.0. The molecule has 0 saturated heterocycles. The van der Waals surface area contributed by atoms with Crippen LogP contribution in [-0.4, -0.2) is 0 Å². The average molecular weight is 1650 g/mol. The van der Waals surface area contributed by atoms with Crippen molar-refractivity contribution in [1.82, 2.24) is 0 Å². The van der Waals surface area contributed by atoms with Crippen molar-refractivity contribution in [3.63, 3.8) is 0 Å². The first-order chi connectivity index (χ1) is 61.3. The van der Waals surface area contributed by atoms with E-state index in [4.69, 9.17) is 13.3 Å². The summed E-state index contributed by atoms with van der Waals surface area (Å²) >= 11 is 1.89. The van der Waals surface area contributed by atoms with Crippen LogP contribution in [0.3, 0.4) is 0 Å². The summed E-state index contributed by atoms with van der Waals surface area (Å²) in [7, 11) is 0. The highest BCUT2D eigenvalue weighted by atomic mass is 32.1. The number of furan rings is 3. The van der Waals surface area contributed by atoms with Gasteiger partial charge in [0.25, 0.3) is 0 Å². The fourth-order valence-electron chi connectivity index (χ4n) is 19.3. The lowest BCUT2D eigenvalue weighted by atomic mass is 9.82. The number of hydrogen-bond acceptors (Lipinski definition) is 4. The maximum absolute atomic E-state index is 5.78. The summed E-state index contributed by atoms with van der Waals surface area (Å²) in [5, 5.41) is 26.2. The van der Waals surface area contributed by atoms with Gasteiger partial charge in [0.15, 0.2) is 0 Å². The van der Waals surface area contributed by atoms with E-state index in [0.29, 0.717) is 0 Å². The summed E-state index contributed by atoms with van der Waals surface area (Å²) in [6, 6.07) is 138. The second-order valence-electron chi connectivity index (χ2n) is 35.0. The third-order valence-electron chi connectivity index (χ3n) is 25.6. The molecule has 4 heterocycles. The minimum Gasteiger partial charge on any atom is -0.456 e. The molecule has 0 N–H and O–H groups in total. The number of aryl methyl sites for hydroxylation is 8. The van der Waals surface area contributed by atoms with E-state index >= 15 is 0 Å². The zero-order valence-electron chi connectivity index (χ0n) is 73.6. The van der Waals surface area contributed by atoms with Crippen LogP contribution >= 0.6 is 11.3 Å². The van der Waals surface area contributed by atoms with Crippen LogP contribution in [-0.2, 0) is 10.8 Å². The number of benzene rings is 20. The van der Waals surface area contributed by atoms with E-state index in [0.717, 1.165) is 33.5 Å². The molecule has 0 spiro atoms. The van der Waals surface area contributed by atoms with Crippen molar-refractivity contribution in [1.29, 1.82) is 0 Å². The van der Waals surface area contributed by atoms with Gasteiger partial charge in [0, 0.05) is 63.3 Å². The van der Waals surface area contributed by atoms with Crippen LogP contribution in [0.4, 0.5) is 0 Å². The molecule has 3 nitrogen and oxygen atoms in total. The van der Waals surface area contributed by atoms with Crippen molar-refractivity contribution in [3.8, 4) is 22.3 Å². The number of fused-ring (bicyclic) bond motifs is 30. The molecule has 126 heavy (non-hydrogen) atoms. The van der Waals surface area contributed by atoms with Gasteiger partial charge in [0.05, 0.1) is 0 Å². The van der Waals surface area contributed by atoms with Crippen molar-refractivity contribution in [2.75, 3.05) is 0 Å². The monoisotopic (exact) mass is 1640 g/mol. The molecule has 4 heteroatoms. The molecule has 612 valence electrons. The molecule has 2 aliphatic carbocycles. The largest absolute Gasteiger partial charge is 0.456 e. The normalized spacial score (nSPS) is 12.4. The van der Waals surface area contributed by atoms with Gasteiger partial charge in [0.2, 0.25) is 0 Å². The van der Waals surface area contributed by atoms with E-state index < -0.39 is 0 Å². The van der Waals surface area contributed by atoms with Gasteiger partial charge in [-0.2, -0.15) is 0 Å². The van der Waals surface area contributed by atoms with Crippen molar-refractivity contribution < 1.29 is 13.3 Å². The minimum atomic E-state index is 0.151. The molecule has 0 unspecified atom stereocenters. The predicted octanol–water partition coefficient (Wildman–Crippen LogP) is 35.6. The lowest BCUT2D eigenvalue weighted by Crippen LogP contribution is -2.14. The van der Waals surface area contributed by atoms with Gasteiger partial charge in [-0.05, 0) is 229 Å². The van der Waals surface area contributed by atoms with Crippen molar-refractivity contribution in [2.45, 2.75) is 93.9 Å². The van der Waals surface area contributed by atoms with E-state index in [9.17, 15) is 0 Å². The molecule has 0 radical (unpaired) electrons. The van der Waals surface area contributed by atoms with Crippen LogP contribution in [0.25, 0.3) is 173 Å². The Morgan fingerprint density at radius 2 is 0.532 bits per heavy atom. The van der Waals surface area contributed by atoms with Gasteiger partial charge in [-0.25, -0.2) is 0 Å². The average Bonchev–Trinajstić information content (AvgIpc) is 0.878. The molecule has 0 saturated carbocycles. The molecule has 4 aromatic heterocycles. The molecule has 2 aliphatic rings. The first-order valence-electron chi connectivity index (χ1n) is 43.8. The highest BCUT2D eigenvalue weighted by Gasteiger charge is 2.36. The molecule has 26 rings (SSSR count). The van der Waals surface area contributed by atoms with E-state index in [1.54, 1.807) is 0 Å². The lowest BCUT2D eigenvalue weighted by Gasteiger charge is -2.21. The highest BCUT2D eigenvalue weighted by molar-refractivity contribution is 7.26. The Bertz CT molecular complexity index is 8000. The van der Waals surface area contributed by atoms with Crippen molar-refractivity contribution in [3.05, 3.63) is 455 Å². The van der Waals surface area contributed by atoms with E-state index in [1.165, 1.54) is 206 Å². The first kappa shape index (κ1) is 81.3. The van der Waals surface area contributed by atoms with Crippen molar-refractivity contribution >= 4 is 162 Å². The van der Waals surface area contributed by atoms with Crippen LogP contribution in [0.5, 0.6) is 0 Å². The lowest BCUT2D eigenvalue weighted by molar-refractivity contribution is 0.659. The minimum absolute atomic E-state index is 0.151. The third kappa shape index (κ3) is 15.3. The summed E-state index contributed by atoms with van der Waals surface area (Å²) in [6.07, 6.45) is 0. The molecule has 24 aromatic rings. The first-order valence-corrected chi connectivity index (χ1v) is 44.6. The Labute approximate surface area is 741 Å². The molecule has 0 amide bonds. The van der Waals surface area contributed by atoms with Crippen LogP contribution in [0.15, 0.2) is 401 Å². The molecular formula is C122H100O3S. The Kier molecular flexibility index (Phi) is 21.9. The molecule has 20 aromatic carbocycles. The Morgan fingerprint density at radius 3 is 1.13 bits per heavy atom. The van der Waals surface area contributed by atoms with Gasteiger partial charge in [0.1, 0.15) is 33.5 Å². The van der Waals surface area contributed by atoms with Crippen LogP contribution in [0.1, 0.15) is 94.5 Å². The summed E-state index contributed by atoms with van der Waals surface area (Å²) in [4.78, 5) is 0. The van der Waals surface area contributed by atoms with Crippen LogP contribution in [0.2, 0.25) is 0 Å². The topological polar surface area (TPSA) is 39.4 Å². The highest BCUT2D eigenvalue weighted by Crippen LogP contribution is 2.51. The summed E-state index contributed by atoms with van der Waals surface area (Å²) in [6.45, 7) is 26.4. The fourth-order valence-corrected chi connectivity index (χ4v) is 20.4. The summed E-state index contributed by atoms with van der Waals surface area (Å²) in [5.74, 6) is 0. The van der Waals surface area contributed by atoms with Gasteiger partial charge in [-0.3, -0.25) is 0 Å². The zero-order chi connectivity index (χ0) is 86.5. The number of thiophene rings is 1. The van der Waals surface area contributed by atoms with E-state index in [1.807, 2.05) is 72.0 Å². The Morgan fingerprint density at radius 1 is 0.190 bits per heavy atom. The molecule has 0 atom stereocenters. The predicted molar refractivity (Wildman–Crippen MR) is 544 cm³/mol. The number of rotatable bonds is 0. The molecular weight excluding hydrogens is 1550 g/mol. The fraction of sp³-hybridized carbons (Fsp3) is 0.115. The smallest absolute Gasteiger partial charge is 0.138 e. The van der Waals surface area contributed by atoms with Gasteiger partial charge >= 0.3 is 0 Å². The van der Waals surface area contributed by atoms with Crippen molar-refractivity contribution in [2.24, 2.45) is 0 Å². The molecule has 0 fully saturated rings. The van der Waals surface area contributed by atoms with Gasteiger partial charge in [-0.15, -0.1) is 11.3 Å². The standard InChI is InChI=1S/2C19H14.2C16H16.3C13H10O.C13H10S/c1-13-7-6-12-18-16-9-3-2-8-14(16)15-10-4-5-11-17(15)19(13)18;1-13-10-11-18-16-8-3-2-6-14(16)15-7-4-5-9-17(15)19(18)12-13;1-11-8-9-15-13(10-11)12-6-4-5-7-14(12)16(15,2)3;1-11-8-9-13-12-6-4-5-7-14(12)16(2,3)15(13)10-11;1-9-5-4-7-11-10-6-2-3-8-12(10)14-13(9)11;1-9-6-7-13-11(8-9)10-4-2-3-5-12(10)14-13;1-9-6-7-11-10-4-2-3-5-12(10)14-13(11)8-9;1-9-5-4-7-11-10-6-2-3-8-12(10)14-13(9)11/h2*2-12H,1H3;2*4-10H,1-3H3;4*2-8H,1H3. The van der Waals surface area contributed by atoms with E-state index in [2.05, 4.69) is 411 Å². The Balaban J connectivity index is 0.0000000943. The van der Waals surface area contributed by atoms with Gasteiger partial charge < -0.3 is 13.3 Å². The summed E-state index contributed by atoms with van der Waals surface area (Å²) < 4.78 is 20.0. The van der Waals surface area contributed by atoms with Gasteiger partial charge in [-0.1, -0.05) is 396 Å². The maximum atomic E-state index is 5.78. The third-order valence-corrected chi connectivity index (χ3v) is 26.9. The number of para-hydroxylation sites is 4.